The first-order chi connectivity index (χ1) is 14.4. The third-order valence-corrected chi connectivity index (χ3v) is 7.15. The van der Waals surface area contributed by atoms with E-state index in [1.807, 2.05) is 31.6 Å². The van der Waals surface area contributed by atoms with Gasteiger partial charge in [0.05, 0.1) is 17.4 Å². The summed E-state index contributed by atoms with van der Waals surface area (Å²) in [5, 5.41) is 17.0. The summed E-state index contributed by atoms with van der Waals surface area (Å²) >= 11 is 1.76. The first-order valence-electron chi connectivity index (χ1n) is 10.6. The highest BCUT2D eigenvalue weighted by Gasteiger charge is 2.26. The lowest BCUT2D eigenvalue weighted by Crippen LogP contribution is -2.41. The van der Waals surface area contributed by atoms with Crippen LogP contribution in [0.15, 0.2) is 23.6 Å². The van der Waals surface area contributed by atoms with E-state index >= 15 is 0 Å². The summed E-state index contributed by atoms with van der Waals surface area (Å²) in [4.78, 5) is 16.7. The highest BCUT2D eigenvalue weighted by Crippen LogP contribution is 2.29. The maximum absolute atomic E-state index is 12.9. The zero-order valence-corrected chi connectivity index (χ0v) is 18.9. The molecule has 1 saturated heterocycles. The molecule has 1 aliphatic rings. The van der Waals surface area contributed by atoms with Crippen LogP contribution in [-0.4, -0.2) is 50.4 Å². The lowest BCUT2D eigenvalue weighted by Gasteiger charge is -2.36. The Morgan fingerprint density at radius 2 is 2.13 bits per heavy atom. The quantitative estimate of drug-likeness (QED) is 0.630. The Hall–Kier alpha value is -2.45. The van der Waals surface area contributed by atoms with Gasteiger partial charge in [0.1, 0.15) is 5.69 Å². The molecule has 1 unspecified atom stereocenters. The molecule has 4 rings (SSSR count). The molecule has 0 bridgehead atoms. The molecule has 3 aromatic rings. The van der Waals surface area contributed by atoms with Gasteiger partial charge in [-0.15, -0.1) is 11.3 Å². The molecule has 8 heteroatoms. The Bertz CT molecular complexity index is 997. The number of piperidine rings is 1. The highest BCUT2D eigenvalue weighted by molar-refractivity contribution is 7.10. The molecule has 1 fully saturated rings. The van der Waals surface area contributed by atoms with Crippen molar-refractivity contribution < 1.29 is 4.79 Å². The van der Waals surface area contributed by atoms with E-state index in [2.05, 4.69) is 49.9 Å². The summed E-state index contributed by atoms with van der Waals surface area (Å²) in [5.41, 5.74) is 4.15. The van der Waals surface area contributed by atoms with Crippen LogP contribution in [0.5, 0.6) is 0 Å². The molecule has 0 saturated carbocycles. The summed E-state index contributed by atoms with van der Waals surface area (Å²) in [6, 6.07) is 6.28. The minimum atomic E-state index is -0.125. The number of aromatic nitrogens is 4. The van der Waals surface area contributed by atoms with Gasteiger partial charge in [-0.3, -0.25) is 19.5 Å². The number of hydrogen-bond donors (Lipinski definition) is 2. The average molecular weight is 427 g/mol. The van der Waals surface area contributed by atoms with Crippen molar-refractivity contribution in [2.24, 2.45) is 13.0 Å². The minimum Gasteiger partial charge on any atom is -0.349 e. The number of aryl methyl sites for hydroxylation is 2. The lowest BCUT2D eigenvalue weighted by molar-refractivity contribution is 0.0910. The smallest absolute Gasteiger partial charge is 0.269 e. The molecular formula is C22H30N6OS. The standard InChI is InChI=1S/C22H30N6OS/c1-14-7-9-28(10-8-14)19(20-6-5-11-30-20)13-23-22(29)18-12-17(24-25-18)21-15(2)26-27(4)16(21)3/h5-6,11-12,14,19H,7-10,13H2,1-4H3,(H,23,29)(H,24,25). The van der Waals surface area contributed by atoms with Crippen LogP contribution < -0.4 is 5.32 Å². The lowest BCUT2D eigenvalue weighted by atomic mass is 9.97. The predicted molar refractivity (Wildman–Crippen MR) is 120 cm³/mol. The molecule has 0 radical (unpaired) electrons. The van der Waals surface area contributed by atoms with Crippen LogP contribution in [-0.2, 0) is 7.05 Å². The van der Waals surface area contributed by atoms with Crippen molar-refractivity contribution >= 4 is 17.2 Å². The average Bonchev–Trinajstić information content (AvgIpc) is 3.46. The summed E-state index contributed by atoms with van der Waals surface area (Å²) in [7, 11) is 1.91. The second-order valence-corrected chi connectivity index (χ2v) is 9.28. The predicted octanol–water partition coefficient (Wildman–Crippen LogP) is 3.69. The summed E-state index contributed by atoms with van der Waals surface area (Å²) < 4.78 is 1.84. The van der Waals surface area contributed by atoms with E-state index in [-0.39, 0.29) is 11.9 Å². The van der Waals surface area contributed by atoms with E-state index in [1.165, 1.54) is 17.7 Å². The van der Waals surface area contributed by atoms with E-state index in [4.69, 9.17) is 0 Å². The van der Waals surface area contributed by atoms with Crippen molar-refractivity contribution in [2.75, 3.05) is 19.6 Å². The van der Waals surface area contributed by atoms with Gasteiger partial charge in [0.25, 0.3) is 5.91 Å². The van der Waals surface area contributed by atoms with Gasteiger partial charge in [-0.2, -0.15) is 10.2 Å². The fraction of sp³-hybridized carbons (Fsp3) is 0.500. The number of carbonyl (C=O) groups excluding carboxylic acids is 1. The number of amides is 1. The molecule has 2 N–H and O–H groups in total. The van der Waals surface area contributed by atoms with Gasteiger partial charge >= 0.3 is 0 Å². The summed E-state index contributed by atoms with van der Waals surface area (Å²) in [6.07, 6.45) is 2.42. The number of aromatic amines is 1. The molecule has 0 aromatic carbocycles. The first kappa shape index (κ1) is 20.8. The van der Waals surface area contributed by atoms with Gasteiger partial charge in [-0.1, -0.05) is 13.0 Å². The van der Waals surface area contributed by atoms with Gasteiger partial charge in [-0.25, -0.2) is 0 Å². The zero-order valence-electron chi connectivity index (χ0n) is 18.1. The Balaban J connectivity index is 1.46. The van der Waals surface area contributed by atoms with Crippen molar-refractivity contribution in [3.8, 4) is 11.3 Å². The molecule has 3 aromatic heterocycles. The number of H-pyrrole nitrogens is 1. The number of hydrogen-bond acceptors (Lipinski definition) is 5. The Morgan fingerprint density at radius 1 is 1.37 bits per heavy atom. The van der Waals surface area contributed by atoms with Crippen LogP contribution in [0.2, 0.25) is 0 Å². The van der Waals surface area contributed by atoms with Gasteiger partial charge < -0.3 is 5.32 Å². The van der Waals surface area contributed by atoms with E-state index in [1.54, 1.807) is 11.3 Å². The molecule has 0 spiro atoms. The highest BCUT2D eigenvalue weighted by atomic mass is 32.1. The van der Waals surface area contributed by atoms with Crippen molar-refractivity contribution in [2.45, 2.75) is 39.7 Å². The van der Waals surface area contributed by atoms with Crippen molar-refractivity contribution in [1.82, 2.24) is 30.2 Å². The largest absolute Gasteiger partial charge is 0.349 e. The van der Waals surface area contributed by atoms with Crippen LogP contribution in [0.25, 0.3) is 11.3 Å². The van der Waals surface area contributed by atoms with Gasteiger partial charge in [0, 0.05) is 29.7 Å². The molecule has 0 aliphatic carbocycles. The SMILES string of the molecule is Cc1nn(C)c(C)c1-c1cc(C(=O)NCC(c2cccs2)N2CCC(C)CC2)[nH]n1. The Morgan fingerprint density at radius 3 is 2.77 bits per heavy atom. The van der Waals surface area contributed by atoms with Crippen LogP contribution in [0.4, 0.5) is 0 Å². The molecule has 1 atom stereocenters. The maximum atomic E-state index is 12.9. The summed E-state index contributed by atoms with van der Waals surface area (Å²) in [5.74, 6) is 0.655. The van der Waals surface area contributed by atoms with E-state index in [9.17, 15) is 4.79 Å². The number of likely N-dealkylation sites (tertiary alicyclic amines) is 1. The third-order valence-electron chi connectivity index (χ3n) is 6.17. The molecule has 4 heterocycles. The van der Waals surface area contributed by atoms with E-state index in [0.29, 0.717) is 12.2 Å². The number of nitrogens with zero attached hydrogens (tertiary/aromatic N) is 4. The van der Waals surface area contributed by atoms with Gasteiger partial charge in [0.15, 0.2) is 0 Å². The van der Waals surface area contributed by atoms with Crippen LogP contribution in [0, 0.1) is 19.8 Å². The van der Waals surface area contributed by atoms with Gasteiger partial charge in [0.2, 0.25) is 0 Å². The monoisotopic (exact) mass is 426 g/mol. The third kappa shape index (κ3) is 4.20. The van der Waals surface area contributed by atoms with E-state index < -0.39 is 0 Å². The second kappa shape index (κ2) is 8.73. The van der Waals surface area contributed by atoms with Crippen molar-refractivity contribution in [3.63, 3.8) is 0 Å². The number of carbonyl (C=O) groups is 1. The van der Waals surface area contributed by atoms with E-state index in [0.717, 1.165) is 41.7 Å². The number of rotatable bonds is 6. The topological polar surface area (TPSA) is 78.8 Å². The first-order valence-corrected chi connectivity index (χ1v) is 11.4. The fourth-order valence-electron chi connectivity index (χ4n) is 4.23. The minimum absolute atomic E-state index is 0.125. The fourth-order valence-corrected chi connectivity index (χ4v) is 5.09. The van der Waals surface area contributed by atoms with Crippen molar-refractivity contribution in [1.29, 1.82) is 0 Å². The number of thiophene rings is 1. The van der Waals surface area contributed by atoms with Gasteiger partial charge in [-0.05, 0) is 63.2 Å². The van der Waals surface area contributed by atoms with Crippen molar-refractivity contribution in [3.05, 3.63) is 45.5 Å². The normalized spacial score (nSPS) is 16.7. The molecule has 7 nitrogen and oxygen atoms in total. The summed E-state index contributed by atoms with van der Waals surface area (Å²) in [6.45, 7) is 9.03. The molecule has 1 amide bonds. The molecule has 160 valence electrons. The second-order valence-electron chi connectivity index (χ2n) is 8.30. The Labute approximate surface area is 181 Å². The Kier molecular flexibility index (Phi) is 6.06. The maximum Gasteiger partial charge on any atom is 0.269 e. The van der Waals surface area contributed by atoms with Crippen LogP contribution in [0.1, 0.15) is 52.6 Å². The van der Waals surface area contributed by atoms with Crippen LogP contribution >= 0.6 is 11.3 Å². The van der Waals surface area contributed by atoms with Crippen LogP contribution in [0.3, 0.4) is 0 Å². The zero-order chi connectivity index (χ0) is 21.3. The molecule has 1 aliphatic heterocycles. The molecule has 30 heavy (non-hydrogen) atoms. The number of nitrogens with one attached hydrogen (secondary N) is 2. The molecular weight excluding hydrogens is 396 g/mol.